The SMILES string of the molecule is COc1ccc(C(OC[C@H]2OC[C@@H](n3ccc(=O)[nH]c3=O)[C@H](OC)[C@@H]2OP(=O)(CCC#N)N(C(C)C)C(C)C)(c2ccccc2)c2ccccc2)cc1. The van der Waals surface area contributed by atoms with Gasteiger partial charge in [-0.15, -0.1) is 0 Å². The molecule has 13 heteroatoms. The maximum atomic E-state index is 15.2. The normalized spacial score (nSPS) is 20.3. The molecule has 1 N–H and O–H groups in total. The summed E-state index contributed by atoms with van der Waals surface area (Å²) in [5, 5.41) is 9.63. The van der Waals surface area contributed by atoms with E-state index in [1.54, 1.807) is 11.8 Å². The van der Waals surface area contributed by atoms with Crippen molar-refractivity contribution in [1.82, 2.24) is 14.2 Å². The lowest BCUT2D eigenvalue weighted by molar-refractivity contribution is -0.186. The van der Waals surface area contributed by atoms with Gasteiger partial charge in [0.2, 0.25) is 0 Å². The van der Waals surface area contributed by atoms with E-state index in [-0.39, 0.29) is 37.9 Å². The highest BCUT2D eigenvalue weighted by atomic mass is 31.2. The highest BCUT2D eigenvalue weighted by Crippen LogP contribution is 2.56. The second-order valence-corrected chi connectivity index (χ2v) is 15.9. The minimum absolute atomic E-state index is 0.00880. The zero-order valence-corrected chi connectivity index (χ0v) is 32.0. The van der Waals surface area contributed by atoms with Crippen LogP contribution in [0.3, 0.4) is 0 Å². The fourth-order valence-electron chi connectivity index (χ4n) is 7.36. The van der Waals surface area contributed by atoms with Crippen LogP contribution >= 0.6 is 7.52 Å². The molecule has 1 aromatic heterocycles. The molecular formula is C40H49N4O8P. The van der Waals surface area contributed by atoms with Crippen LogP contribution in [0.25, 0.3) is 0 Å². The summed E-state index contributed by atoms with van der Waals surface area (Å²) < 4.78 is 50.5. The third-order valence-corrected chi connectivity index (χ3v) is 12.5. The Morgan fingerprint density at radius 2 is 1.49 bits per heavy atom. The van der Waals surface area contributed by atoms with E-state index in [9.17, 15) is 14.9 Å². The molecular weight excluding hydrogens is 695 g/mol. The highest BCUT2D eigenvalue weighted by molar-refractivity contribution is 7.56. The molecule has 0 radical (unpaired) electrons. The molecule has 1 fully saturated rings. The van der Waals surface area contributed by atoms with Gasteiger partial charge in [-0.05, 0) is 56.5 Å². The van der Waals surface area contributed by atoms with Crippen LogP contribution in [0.1, 0.15) is 56.8 Å². The summed E-state index contributed by atoms with van der Waals surface area (Å²) in [5.41, 5.74) is 0.206. The van der Waals surface area contributed by atoms with Crippen LogP contribution in [0.4, 0.5) is 0 Å². The van der Waals surface area contributed by atoms with E-state index >= 15 is 4.57 Å². The van der Waals surface area contributed by atoms with E-state index in [0.717, 1.165) is 16.7 Å². The first-order chi connectivity index (χ1) is 25.5. The second kappa shape index (κ2) is 17.7. The number of nitriles is 1. The Kier molecular flexibility index (Phi) is 13.3. The highest BCUT2D eigenvalue weighted by Gasteiger charge is 2.50. The van der Waals surface area contributed by atoms with Crippen LogP contribution < -0.4 is 16.0 Å². The number of aromatic nitrogens is 2. The predicted molar refractivity (Wildman–Crippen MR) is 202 cm³/mol. The van der Waals surface area contributed by atoms with Gasteiger partial charge in [0.15, 0.2) is 0 Å². The average Bonchev–Trinajstić information content (AvgIpc) is 3.15. The van der Waals surface area contributed by atoms with Crippen molar-refractivity contribution in [2.75, 3.05) is 33.6 Å². The molecule has 2 heterocycles. The van der Waals surface area contributed by atoms with Crippen LogP contribution in [-0.2, 0) is 28.9 Å². The number of H-pyrrole nitrogens is 1. The Hall–Kier alpha value is -4.34. The van der Waals surface area contributed by atoms with Crippen molar-refractivity contribution in [3.05, 3.63) is 135 Å². The summed E-state index contributed by atoms with van der Waals surface area (Å²) in [4.78, 5) is 27.4. The number of hydrogen-bond acceptors (Lipinski definition) is 9. The summed E-state index contributed by atoms with van der Waals surface area (Å²) >= 11 is 0. The van der Waals surface area contributed by atoms with Crippen molar-refractivity contribution in [3.8, 4) is 11.8 Å². The zero-order chi connectivity index (χ0) is 38.2. The molecule has 3 aromatic carbocycles. The topological polar surface area (TPSA) is 145 Å². The van der Waals surface area contributed by atoms with Gasteiger partial charge in [-0.3, -0.25) is 18.9 Å². The number of benzene rings is 3. The van der Waals surface area contributed by atoms with Crippen LogP contribution in [0.2, 0.25) is 0 Å². The number of hydrogen-bond donors (Lipinski definition) is 1. The van der Waals surface area contributed by atoms with Crippen molar-refractivity contribution in [2.24, 2.45) is 0 Å². The maximum absolute atomic E-state index is 15.2. The second-order valence-electron chi connectivity index (χ2n) is 13.5. The quantitative estimate of drug-likeness (QED) is 0.105. The molecule has 1 unspecified atom stereocenters. The molecule has 0 amide bonds. The fraction of sp³-hybridized carbons (Fsp3) is 0.425. The van der Waals surface area contributed by atoms with Crippen LogP contribution in [0.5, 0.6) is 5.75 Å². The third-order valence-electron chi connectivity index (χ3n) is 9.56. The fourth-order valence-corrected chi connectivity index (χ4v) is 10.2. The maximum Gasteiger partial charge on any atom is 0.328 e. The zero-order valence-electron chi connectivity index (χ0n) is 31.1. The van der Waals surface area contributed by atoms with Crippen LogP contribution in [0.15, 0.2) is 107 Å². The minimum atomic E-state index is -3.76. The van der Waals surface area contributed by atoms with Crippen molar-refractivity contribution >= 4 is 7.52 Å². The summed E-state index contributed by atoms with van der Waals surface area (Å²) in [7, 11) is -0.657. The van der Waals surface area contributed by atoms with E-state index in [1.165, 1.54) is 23.9 Å². The Bertz CT molecular complexity index is 1930. The van der Waals surface area contributed by atoms with E-state index in [2.05, 4.69) is 11.1 Å². The van der Waals surface area contributed by atoms with Gasteiger partial charge in [0.05, 0.1) is 38.6 Å². The number of nitrogens with zero attached hydrogens (tertiary/aromatic N) is 3. The van der Waals surface area contributed by atoms with Gasteiger partial charge in [-0.1, -0.05) is 72.8 Å². The van der Waals surface area contributed by atoms with E-state index < -0.39 is 48.7 Å². The summed E-state index contributed by atoms with van der Waals surface area (Å²) in [5.74, 6) is 0.687. The third kappa shape index (κ3) is 8.57. The number of aromatic amines is 1. The van der Waals surface area contributed by atoms with Gasteiger partial charge < -0.3 is 23.5 Å². The molecule has 1 aliphatic rings. The summed E-state index contributed by atoms with van der Waals surface area (Å²) in [6, 6.07) is 29.6. The molecule has 0 saturated carbocycles. The van der Waals surface area contributed by atoms with Gasteiger partial charge in [0.1, 0.15) is 29.7 Å². The largest absolute Gasteiger partial charge is 0.497 e. The van der Waals surface area contributed by atoms with Gasteiger partial charge in [-0.25, -0.2) is 9.46 Å². The molecule has 12 nitrogen and oxygen atoms in total. The molecule has 282 valence electrons. The number of nitrogens with one attached hydrogen (secondary N) is 1. The molecule has 5 atom stereocenters. The first-order valence-corrected chi connectivity index (χ1v) is 19.5. The van der Waals surface area contributed by atoms with Crippen molar-refractivity contribution in [3.63, 3.8) is 0 Å². The Labute approximate surface area is 310 Å². The molecule has 0 bridgehead atoms. The molecule has 5 rings (SSSR count). The predicted octanol–water partition coefficient (Wildman–Crippen LogP) is 6.12. The minimum Gasteiger partial charge on any atom is -0.497 e. The van der Waals surface area contributed by atoms with E-state index in [4.69, 9.17) is 23.5 Å². The lowest BCUT2D eigenvalue weighted by atomic mass is 9.80. The molecule has 0 aliphatic carbocycles. The summed E-state index contributed by atoms with van der Waals surface area (Å²) in [6.07, 6.45) is -1.46. The van der Waals surface area contributed by atoms with Crippen LogP contribution in [-0.4, -0.2) is 78.2 Å². The van der Waals surface area contributed by atoms with Crippen molar-refractivity contribution in [1.29, 1.82) is 5.26 Å². The van der Waals surface area contributed by atoms with Crippen LogP contribution in [0, 0.1) is 11.3 Å². The molecule has 4 aromatic rings. The standard InChI is InChI=1S/C40H49N4O8P/c1-28(2)44(29(3)4)53(47,25-13-23-41)52-38-35(50-26-34(37(38)49-6)43-24-22-36(45)42-39(43)46)27-51-40(30-14-9-7-10-15-30,31-16-11-8-12-17-31)32-18-20-33(48-5)21-19-32/h7-12,14-22,24,28-29,34-35,37-38H,13,25-27H2,1-6H3,(H,42,45,46)/t34-,35-,37+,38-,53?/m1/s1. The smallest absolute Gasteiger partial charge is 0.328 e. The average molecular weight is 745 g/mol. The number of ether oxygens (including phenoxy) is 4. The molecule has 53 heavy (non-hydrogen) atoms. The lowest BCUT2D eigenvalue weighted by Gasteiger charge is -2.46. The Morgan fingerprint density at radius 3 is 2.00 bits per heavy atom. The van der Waals surface area contributed by atoms with Gasteiger partial charge >= 0.3 is 5.69 Å². The monoisotopic (exact) mass is 744 g/mol. The molecule has 0 spiro atoms. The van der Waals surface area contributed by atoms with Gasteiger partial charge in [0.25, 0.3) is 13.1 Å². The van der Waals surface area contributed by atoms with Crippen molar-refractivity contribution in [2.45, 2.75) is 76.2 Å². The van der Waals surface area contributed by atoms with E-state index in [0.29, 0.717) is 5.75 Å². The summed E-state index contributed by atoms with van der Waals surface area (Å²) in [6.45, 7) is 7.65. The van der Waals surface area contributed by atoms with E-state index in [1.807, 2.05) is 113 Å². The first kappa shape index (κ1) is 39.9. The van der Waals surface area contributed by atoms with Crippen molar-refractivity contribution < 1.29 is 28.0 Å². The number of rotatable bonds is 16. The Morgan fingerprint density at radius 1 is 0.906 bits per heavy atom. The lowest BCUT2D eigenvalue weighted by Crippen LogP contribution is -2.57. The van der Waals surface area contributed by atoms with Gasteiger partial charge in [0, 0.05) is 37.9 Å². The molecule has 1 saturated heterocycles. The molecule has 1 aliphatic heterocycles. The Balaban J connectivity index is 1.65. The number of methoxy groups -OCH3 is 2. The first-order valence-electron chi connectivity index (χ1n) is 17.8. The van der Waals surface area contributed by atoms with Gasteiger partial charge in [-0.2, -0.15) is 5.26 Å².